The summed E-state index contributed by atoms with van der Waals surface area (Å²) >= 11 is 0. The third-order valence-electron chi connectivity index (χ3n) is 6.72. The van der Waals surface area contributed by atoms with Crippen LogP contribution in [0, 0.1) is 17.0 Å². The number of benzene rings is 2. The Labute approximate surface area is 203 Å². The van der Waals surface area contributed by atoms with Gasteiger partial charge in [0.1, 0.15) is 11.6 Å². The zero-order valence-electron chi connectivity index (χ0n) is 20.0. The molecule has 0 amide bonds. The summed E-state index contributed by atoms with van der Waals surface area (Å²) < 4.78 is 39.0. The van der Waals surface area contributed by atoms with E-state index in [-0.39, 0.29) is 5.41 Å². The van der Waals surface area contributed by atoms with Gasteiger partial charge in [-0.05, 0) is 24.3 Å². The lowest BCUT2D eigenvalue weighted by Gasteiger charge is -2.38. The Morgan fingerprint density at radius 3 is 2.60 bits per heavy atom. The largest absolute Gasteiger partial charge is 0.494 e. The highest BCUT2D eigenvalue weighted by Crippen LogP contribution is 2.46. The number of rotatable bonds is 4. The van der Waals surface area contributed by atoms with Crippen molar-refractivity contribution in [3.63, 3.8) is 0 Å². The van der Waals surface area contributed by atoms with Crippen molar-refractivity contribution in [2.24, 2.45) is 16.1 Å². The third kappa shape index (κ3) is 4.17. The van der Waals surface area contributed by atoms with Gasteiger partial charge in [-0.1, -0.05) is 19.9 Å². The second-order valence-corrected chi connectivity index (χ2v) is 9.58. The minimum atomic E-state index is -1.41. The first-order valence-electron chi connectivity index (χ1n) is 11.6. The smallest absolute Gasteiger partial charge is 0.204 e. The first-order chi connectivity index (χ1) is 16.7. The number of nitrogens with zero attached hydrogens (tertiary/aromatic N) is 2. The fourth-order valence-electron chi connectivity index (χ4n) is 4.95. The van der Waals surface area contributed by atoms with Crippen LogP contribution < -0.4 is 31.3 Å². The lowest BCUT2D eigenvalue weighted by molar-refractivity contribution is 0.122. The number of guanidine groups is 1. The number of halogens is 2. The standard InChI is InChI=1S/C25H30F2N6O2/c1-24(2)14-29-22-21(24)25(28,15-4-6-17(26)18(27)12-15)32-23(31-22)30-19-7-5-16(13-20(19)34-3)33-8-10-35-11-9-33/h4-7,12-13,29H,8-11,14,28H2,1-3H3,(H2,30,31,32). The van der Waals surface area contributed by atoms with E-state index in [0.29, 0.717) is 48.5 Å². The zero-order valence-corrected chi connectivity index (χ0v) is 20.0. The summed E-state index contributed by atoms with van der Waals surface area (Å²) in [5, 5.41) is 9.89. The number of nitrogens with two attached hydrogens (primary N) is 1. The highest BCUT2D eigenvalue weighted by molar-refractivity contribution is 5.97. The van der Waals surface area contributed by atoms with Gasteiger partial charge in [0.15, 0.2) is 17.3 Å². The fraction of sp³-hybridized carbons (Fsp3) is 0.400. The number of anilines is 2. The molecule has 10 heteroatoms. The molecule has 0 bridgehead atoms. The molecule has 1 fully saturated rings. The van der Waals surface area contributed by atoms with E-state index < -0.39 is 17.3 Å². The average molecular weight is 485 g/mol. The third-order valence-corrected chi connectivity index (χ3v) is 6.72. The average Bonchev–Trinajstić information content (AvgIpc) is 3.16. The van der Waals surface area contributed by atoms with Crippen molar-refractivity contribution in [3.8, 4) is 5.75 Å². The van der Waals surface area contributed by atoms with Crippen molar-refractivity contribution in [3.05, 3.63) is 65.0 Å². The number of methoxy groups -OCH3 is 1. The van der Waals surface area contributed by atoms with Crippen molar-refractivity contribution in [1.82, 2.24) is 10.6 Å². The van der Waals surface area contributed by atoms with E-state index in [0.717, 1.165) is 36.5 Å². The van der Waals surface area contributed by atoms with Crippen LogP contribution in [0.1, 0.15) is 19.4 Å². The lowest BCUT2D eigenvalue weighted by atomic mass is 9.76. The summed E-state index contributed by atoms with van der Waals surface area (Å²) in [6, 6.07) is 9.54. The Hall–Kier alpha value is -3.37. The van der Waals surface area contributed by atoms with E-state index in [1.54, 1.807) is 7.11 Å². The summed E-state index contributed by atoms with van der Waals surface area (Å²) in [4.78, 5) is 7.02. The van der Waals surface area contributed by atoms with Gasteiger partial charge in [0.2, 0.25) is 5.96 Å². The highest BCUT2D eigenvalue weighted by atomic mass is 19.2. The van der Waals surface area contributed by atoms with Gasteiger partial charge in [-0.15, -0.1) is 0 Å². The van der Waals surface area contributed by atoms with Crippen molar-refractivity contribution in [2.45, 2.75) is 19.5 Å². The van der Waals surface area contributed by atoms with E-state index in [1.807, 2.05) is 32.0 Å². The Morgan fingerprint density at radius 1 is 1.11 bits per heavy atom. The highest BCUT2D eigenvalue weighted by Gasteiger charge is 2.48. The second-order valence-electron chi connectivity index (χ2n) is 9.58. The van der Waals surface area contributed by atoms with Gasteiger partial charge in [0, 0.05) is 47.9 Å². The van der Waals surface area contributed by atoms with E-state index in [9.17, 15) is 8.78 Å². The molecule has 5 N–H and O–H groups in total. The van der Waals surface area contributed by atoms with Crippen LogP contribution in [0.4, 0.5) is 20.2 Å². The quantitative estimate of drug-likeness (QED) is 0.530. The monoisotopic (exact) mass is 484 g/mol. The summed E-state index contributed by atoms with van der Waals surface area (Å²) in [5.41, 5.74) is 7.97. The Kier molecular flexibility index (Phi) is 5.80. The normalized spacial score (nSPS) is 23.3. The minimum Gasteiger partial charge on any atom is -0.494 e. The van der Waals surface area contributed by atoms with Crippen molar-refractivity contribution >= 4 is 17.3 Å². The van der Waals surface area contributed by atoms with Crippen LogP contribution in [0.25, 0.3) is 0 Å². The molecule has 1 unspecified atom stereocenters. The Bertz CT molecular complexity index is 1210. The molecule has 0 saturated carbocycles. The minimum absolute atomic E-state index is 0.358. The predicted molar refractivity (Wildman–Crippen MR) is 131 cm³/mol. The van der Waals surface area contributed by atoms with Gasteiger partial charge >= 0.3 is 0 Å². The first-order valence-corrected chi connectivity index (χ1v) is 11.6. The first kappa shape index (κ1) is 23.4. The molecule has 186 valence electrons. The molecule has 2 aromatic carbocycles. The van der Waals surface area contributed by atoms with Gasteiger partial charge in [-0.3, -0.25) is 5.73 Å². The molecular weight excluding hydrogens is 454 g/mol. The molecular formula is C25H30F2N6O2. The lowest BCUT2D eigenvalue weighted by Crippen LogP contribution is -2.50. The molecule has 35 heavy (non-hydrogen) atoms. The molecule has 0 aromatic heterocycles. The van der Waals surface area contributed by atoms with Gasteiger partial charge in [0.25, 0.3) is 0 Å². The molecule has 3 aliphatic heterocycles. The molecule has 8 nitrogen and oxygen atoms in total. The van der Waals surface area contributed by atoms with Crippen molar-refractivity contribution in [1.29, 1.82) is 0 Å². The Balaban J connectivity index is 1.51. The SMILES string of the molecule is COc1cc(N2CCOCC2)ccc1NC1=NC(N)(c2ccc(F)c(F)c2)C2=C(NCC2(C)C)N1. The number of aliphatic imine (C=N–C) groups is 1. The predicted octanol–water partition coefficient (Wildman–Crippen LogP) is 2.83. The molecule has 2 aromatic rings. The van der Waals surface area contributed by atoms with Crippen LogP contribution in [0.2, 0.25) is 0 Å². The van der Waals surface area contributed by atoms with E-state index >= 15 is 0 Å². The van der Waals surface area contributed by atoms with Crippen LogP contribution in [0.5, 0.6) is 5.75 Å². The van der Waals surface area contributed by atoms with E-state index in [2.05, 4.69) is 20.9 Å². The molecule has 5 rings (SSSR count). The fourth-order valence-corrected chi connectivity index (χ4v) is 4.95. The molecule has 3 heterocycles. The summed E-state index contributed by atoms with van der Waals surface area (Å²) in [5.74, 6) is -0.214. The van der Waals surface area contributed by atoms with E-state index in [1.165, 1.54) is 6.07 Å². The van der Waals surface area contributed by atoms with Crippen LogP contribution in [0.15, 0.2) is 52.8 Å². The maximum Gasteiger partial charge on any atom is 0.204 e. The molecule has 1 atom stereocenters. The van der Waals surface area contributed by atoms with E-state index in [4.69, 9.17) is 20.2 Å². The second kappa shape index (κ2) is 8.69. The summed E-state index contributed by atoms with van der Waals surface area (Å²) in [6.07, 6.45) is 0. The number of ether oxygens (including phenoxy) is 2. The molecule has 0 radical (unpaired) electrons. The number of morpholine rings is 1. The topological polar surface area (TPSA) is 96.2 Å². The molecule has 1 saturated heterocycles. The number of hydrogen-bond donors (Lipinski definition) is 4. The van der Waals surface area contributed by atoms with Crippen LogP contribution in [-0.2, 0) is 10.4 Å². The van der Waals surface area contributed by atoms with Crippen molar-refractivity contribution in [2.75, 3.05) is 50.2 Å². The molecule has 0 aliphatic carbocycles. The van der Waals surface area contributed by atoms with Gasteiger partial charge in [-0.2, -0.15) is 0 Å². The van der Waals surface area contributed by atoms with Crippen molar-refractivity contribution < 1.29 is 18.3 Å². The van der Waals surface area contributed by atoms with Crippen LogP contribution in [0.3, 0.4) is 0 Å². The molecule has 3 aliphatic rings. The summed E-state index contributed by atoms with van der Waals surface area (Å²) in [6.45, 7) is 7.69. The van der Waals surface area contributed by atoms with Gasteiger partial charge in [-0.25, -0.2) is 13.8 Å². The number of hydrogen-bond acceptors (Lipinski definition) is 8. The maximum atomic E-state index is 14.2. The van der Waals surface area contributed by atoms with Crippen LogP contribution in [-0.4, -0.2) is 45.9 Å². The Morgan fingerprint density at radius 2 is 1.89 bits per heavy atom. The maximum absolute atomic E-state index is 14.2. The van der Waals surface area contributed by atoms with Gasteiger partial charge < -0.3 is 30.3 Å². The summed E-state index contributed by atoms with van der Waals surface area (Å²) in [7, 11) is 1.61. The zero-order chi connectivity index (χ0) is 24.8. The van der Waals surface area contributed by atoms with Gasteiger partial charge in [0.05, 0.1) is 26.0 Å². The number of nitrogens with one attached hydrogen (secondary N) is 3. The molecule has 0 spiro atoms. The van der Waals surface area contributed by atoms with Crippen LogP contribution >= 0.6 is 0 Å².